The minimum atomic E-state index is -3.12. The number of benzene rings is 2. The predicted molar refractivity (Wildman–Crippen MR) is 154 cm³/mol. The predicted octanol–water partition coefficient (Wildman–Crippen LogP) is 3.70. The van der Waals surface area contributed by atoms with Crippen molar-refractivity contribution in [1.82, 2.24) is 14.6 Å². The van der Waals surface area contributed by atoms with Gasteiger partial charge < -0.3 is 15.4 Å². The normalized spacial score (nSPS) is 12.3. The van der Waals surface area contributed by atoms with Crippen LogP contribution in [-0.2, 0) is 14.5 Å². The summed E-state index contributed by atoms with van der Waals surface area (Å²) < 4.78 is 20.8. The van der Waals surface area contributed by atoms with Gasteiger partial charge in [0.1, 0.15) is 11.6 Å². The first-order chi connectivity index (χ1) is 18.6. The summed E-state index contributed by atoms with van der Waals surface area (Å²) in [5.41, 5.74) is 0.624. The maximum Gasteiger partial charge on any atom is 0.259 e. The van der Waals surface area contributed by atoms with E-state index in [1.54, 1.807) is 24.3 Å². The van der Waals surface area contributed by atoms with Gasteiger partial charge >= 0.3 is 0 Å². The second-order valence-electron chi connectivity index (χ2n) is 8.37. The molecule has 39 heavy (non-hydrogen) atoms. The second-order valence-corrected chi connectivity index (χ2v) is 10.8. The zero-order valence-corrected chi connectivity index (χ0v) is 23.4. The molecule has 10 nitrogen and oxygen atoms in total. The highest BCUT2D eigenvalue weighted by atomic mass is 35.5. The average Bonchev–Trinajstić information content (AvgIpc) is 2.92. The fourth-order valence-corrected chi connectivity index (χ4v) is 4.76. The number of carbonyl (C=O) groups is 3. The third-order valence-corrected chi connectivity index (χ3v) is 7.54. The van der Waals surface area contributed by atoms with Crippen molar-refractivity contribution in [3.63, 3.8) is 0 Å². The summed E-state index contributed by atoms with van der Waals surface area (Å²) in [6.45, 7) is 5.33. The molecule has 1 unspecified atom stereocenters. The van der Waals surface area contributed by atoms with E-state index in [2.05, 4.69) is 26.2 Å². The Kier molecular flexibility index (Phi) is 10.0. The highest BCUT2D eigenvalue weighted by molar-refractivity contribution is 7.99. The van der Waals surface area contributed by atoms with Gasteiger partial charge in [-0.3, -0.25) is 24.0 Å². The Morgan fingerprint density at radius 1 is 1.00 bits per heavy atom. The zero-order chi connectivity index (χ0) is 28.6. The van der Waals surface area contributed by atoms with E-state index in [1.807, 2.05) is 18.7 Å². The van der Waals surface area contributed by atoms with Crippen molar-refractivity contribution in [2.45, 2.75) is 18.7 Å². The number of hydrogen-bond donors (Lipinski definition) is 3. The van der Waals surface area contributed by atoms with Gasteiger partial charge in [-0.25, -0.2) is 9.19 Å². The molecule has 3 aromatic rings. The Morgan fingerprint density at radius 3 is 2.28 bits per heavy atom. The Hall–Kier alpha value is -3.93. The van der Waals surface area contributed by atoms with Gasteiger partial charge in [0.05, 0.1) is 39.6 Å². The number of aromatic nitrogens is 1. The van der Waals surface area contributed by atoms with Gasteiger partial charge in [0.25, 0.3) is 11.8 Å². The maximum atomic E-state index is 13.0. The highest BCUT2D eigenvalue weighted by Gasteiger charge is 2.18. The summed E-state index contributed by atoms with van der Waals surface area (Å²) in [5, 5.41) is 5.80. The van der Waals surface area contributed by atoms with Gasteiger partial charge in [0.2, 0.25) is 5.91 Å². The first-order valence-corrected chi connectivity index (χ1v) is 14.1. The van der Waals surface area contributed by atoms with Crippen LogP contribution in [0.1, 0.15) is 34.6 Å². The van der Waals surface area contributed by atoms with Crippen molar-refractivity contribution in [2.24, 2.45) is 0 Å². The third-order valence-electron chi connectivity index (χ3n) is 5.73. The molecule has 1 aromatic heterocycles. The molecule has 0 bridgehead atoms. The number of likely N-dealkylation sites (N-methyl/N-ethyl adjacent to an activating group) is 1. The molecule has 3 N–H and O–H groups in total. The van der Waals surface area contributed by atoms with E-state index in [1.165, 1.54) is 43.6 Å². The van der Waals surface area contributed by atoms with Crippen molar-refractivity contribution in [1.29, 1.82) is 0 Å². The molecule has 0 aliphatic heterocycles. The number of hydrogen-bond acceptors (Lipinski definition) is 7. The number of nitrogens with one attached hydrogen (secondary N) is 3. The Bertz CT molecular complexity index is 1440. The smallest absolute Gasteiger partial charge is 0.259 e. The number of pyridine rings is 1. The van der Waals surface area contributed by atoms with Gasteiger partial charge in [0, 0.05) is 16.7 Å². The van der Waals surface area contributed by atoms with E-state index in [0.717, 1.165) is 0 Å². The maximum absolute atomic E-state index is 13.0. The summed E-state index contributed by atoms with van der Waals surface area (Å²) in [7, 11) is -1.66. The van der Waals surface area contributed by atoms with Crippen LogP contribution in [0, 0.1) is 0 Å². The fourth-order valence-electron chi connectivity index (χ4n) is 3.53. The summed E-state index contributed by atoms with van der Waals surface area (Å²) in [5.74, 6) is 2.94. The quantitative estimate of drug-likeness (QED) is 0.299. The molecule has 1 heterocycles. The monoisotopic (exact) mass is 571 g/mol. The molecule has 0 spiro atoms. The Morgan fingerprint density at radius 2 is 1.69 bits per heavy atom. The SMILES string of the molecule is C=S(=O)(NC(=O)CN(CC)CC)c1ccc(C(=O)Nc2ccc(OC)cc2C(=O)Nc2ccc(Cl)cn2)cc1. The van der Waals surface area contributed by atoms with Gasteiger partial charge in [-0.1, -0.05) is 25.4 Å². The number of rotatable bonds is 11. The molecule has 2 aromatic carbocycles. The van der Waals surface area contributed by atoms with E-state index in [9.17, 15) is 18.6 Å². The van der Waals surface area contributed by atoms with Crippen LogP contribution in [0.4, 0.5) is 11.5 Å². The first kappa shape index (κ1) is 29.6. The second kappa shape index (κ2) is 13.2. The van der Waals surface area contributed by atoms with Crippen molar-refractivity contribution in [3.05, 3.63) is 76.9 Å². The molecular formula is C27H30ClN5O5S. The number of amides is 3. The van der Waals surface area contributed by atoms with Crippen LogP contribution in [0.2, 0.25) is 5.02 Å². The molecule has 3 amide bonds. The highest BCUT2D eigenvalue weighted by Crippen LogP contribution is 2.24. The fraction of sp³-hybridized carbons (Fsp3) is 0.222. The molecule has 206 valence electrons. The van der Waals surface area contributed by atoms with E-state index < -0.39 is 27.4 Å². The minimum absolute atomic E-state index is 0.103. The molecule has 3 rings (SSSR count). The lowest BCUT2D eigenvalue weighted by Gasteiger charge is -2.19. The van der Waals surface area contributed by atoms with Gasteiger partial charge in [-0.05, 0) is 73.6 Å². The molecule has 0 saturated carbocycles. The molecule has 12 heteroatoms. The number of ether oxygens (including phenoxy) is 1. The van der Waals surface area contributed by atoms with Crippen LogP contribution in [0.25, 0.3) is 0 Å². The summed E-state index contributed by atoms with van der Waals surface area (Å²) in [6.07, 6.45) is 1.40. The molecule has 0 aliphatic carbocycles. The summed E-state index contributed by atoms with van der Waals surface area (Å²) >= 11 is 5.85. The first-order valence-electron chi connectivity index (χ1n) is 12.0. The lowest BCUT2D eigenvalue weighted by atomic mass is 10.1. The van der Waals surface area contributed by atoms with Crippen LogP contribution in [0.5, 0.6) is 5.75 Å². The standard InChI is InChI=1S/C27H30ClN5O5S/c1-5-33(6-2)17-25(34)32-39(4,37)21-11-7-18(8-12-21)26(35)30-23-13-10-20(38-3)15-22(23)27(36)31-24-14-9-19(28)16-29-24/h7-16H,4-6,17H2,1-3H3,(H,30,35)(H,29,31,36)(H,32,34,37). The van der Waals surface area contributed by atoms with Crippen molar-refractivity contribution < 1.29 is 23.3 Å². The molecule has 0 radical (unpaired) electrons. The van der Waals surface area contributed by atoms with E-state index in [-0.39, 0.29) is 34.1 Å². The van der Waals surface area contributed by atoms with Gasteiger partial charge in [-0.2, -0.15) is 0 Å². The topological polar surface area (TPSA) is 130 Å². The molecule has 1 atom stereocenters. The number of halogens is 1. The minimum Gasteiger partial charge on any atom is -0.497 e. The van der Waals surface area contributed by atoms with E-state index in [4.69, 9.17) is 16.3 Å². The Balaban J connectivity index is 1.75. The molecule has 0 fully saturated rings. The van der Waals surface area contributed by atoms with Crippen LogP contribution in [-0.4, -0.2) is 64.4 Å². The summed E-state index contributed by atoms with van der Waals surface area (Å²) in [6, 6.07) is 13.6. The average molecular weight is 572 g/mol. The molecule has 0 aliphatic rings. The number of carbonyl (C=O) groups excluding carboxylic acids is 3. The third kappa shape index (κ3) is 8.03. The van der Waals surface area contributed by atoms with Crippen LogP contribution in [0.3, 0.4) is 0 Å². The van der Waals surface area contributed by atoms with Gasteiger partial charge in [0.15, 0.2) is 0 Å². The van der Waals surface area contributed by atoms with Crippen LogP contribution >= 0.6 is 11.6 Å². The van der Waals surface area contributed by atoms with Crippen LogP contribution < -0.4 is 20.1 Å². The van der Waals surface area contributed by atoms with Gasteiger partial charge in [-0.15, -0.1) is 0 Å². The summed E-state index contributed by atoms with van der Waals surface area (Å²) in [4.78, 5) is 44.5. The van der Waals surface area contributed by atoms with Crippen molar-refractivity contribution >= 4 is 56.4 Å². The number of methoxy groups -OCH3 is 1. The Labute approximate surface area is 232 Å². The number of anilines is 2. The lowest BCUT2D eigenvalue weighted by molar-refractivity contribution is -0.120. The number of nitrogens with zero attached hydrogens (tertiary/aromatic N) is 2. The largest absolute Gasteiger partial charge is 0.497 e. The van der Waals surface area contributed by atoms with Crippen LogP contribution in [0.15, 0.2) is 65.7 Å². The molecular weight excluding hydrogens is 542 g/mol. The van der Waals surface area contributed by atoms with Crippen molar-refractivity contribution in [2.75, 3.05) is 37.4 Å². The molecule has 0 saturated heterocycles. The lowest BCUT2D eigenvalue weighted by Crippen LogP contribution is -2.39. The van der Waals surface area contributed by atoms with E-state index >= 15 is 0 Å². The van der Waals surface area contributed by atoms with Crippen molar-refractivity contribution in [3.8, 4) is 5.75 Å². The van der Waals surface area contributed by atoms with E-state index in [0.29, 0.717) is 23.9 Å². The zero-order valence-electron chi connectivity index (χ0n) is 21.8.